The van der Waals surface area contributed by atoms with Crippen LogP contribution in [0.2, 0.25) is 0 Å². The molecule has 1 fully saturated rings. The number of hydrogen-bond acceptors (Lipinski definition) is 4. The Morgan fingerprint density at radius 3 is 2.79 bits per heavy atom. The molecule has 3 aliphatic rings. The summed E-state index contributed by atoms with van der Waals surface area (Å²) in [6.45, 7) is 6.87. The van der Waals surface area contributed by atoms with Crippen molar-refractivity contribution in [1.29, 1.82) is 0 Å². The Morgan fingerprint density at radius 2 is 2.04 bits per heavy atom. The first-order chi connectivity index (χ1) is 13.3. The normalized spacial score (nSPS) is 29.8. The van der Waals surface area contributed by atoms with E-state index < -0.39 is 0 Å². The van der Waals surface area contributed by atoms with Gasteiger partial charge in [0.15, 0.2) is 0 Å². The fraction of sp³-hybridized carbons (Fsp3) is 0.545. The van der Waals surface area contributed by atoms with Crippen molar-refractivity contribution in [2.45, 2.75) is 64.1 Å². The Hall–Kier alpha value is -1.27. The molecule has 2 heterocycles. The lowest BCUT2D eigenvalue weighted by Gasteiger charge is -2.50. The Bertz CT molecular complexity index is 952. The number of likely N-dealkylation sites (N-methyl/N-ethyl adjacent to an activating group) is 1. The molecule has 4 nitrogen and oxygen atoms in total. The van der Waals surface area contributed by atoms with Crippen molar-refractivity contribution in [1.82, 2.24) is 4.42 Å². The van der Waals surface area contributed by atoms with Gasteiger partial charge in [-0.05, 0) is 61.4 Å². The van der Waals surface area contributed by atoms with E-state index in [1.165, 1.54) is 6.42 Å². The lowest BCUT2D eigenvalue weighted by atomic mass is 9.58. The molecule has 2 aromatic rings. The van der Waals surface area contributed by atoms with Crippen LogP contribution in [0.15, 0.2) is 46.1 Å². The number of para-hydroxylation sites is 1. The third-order valence-corrected chi connectivity index (χ3v) is 7.23. The van der Waals surface area contributed by atoms with Crippen LogP contribution in [-0.2, 0) is 15.7 Å². The molecule has 1 aromatic heterocycles. The maximum absolute atomic E-state index is 6.54. The van der Waals surface area contributed by atoms with E-state index >= 15 is 0 Å². The van der Waals surface area contributed by atoms with Gasteiger partial charge < -0.3 is 13.7 Å². The number of benzene rings is 1. The van der Waals surface area contributed by atoms with Gasteiger partial charge in [0.25, 0.3) is 0 Å². The van der Waals surface area contributed by atoms with E-state index in [1.54, 1.807) is 15.6 Å². The summed E-state index contributed by atoms with van der Waals surface area (Å²) in [5.74, 6) is -0.0919. The second kappa shape index (κ2) is 6.37. The van der Waals surface area contributed by atoms with Gasteiger partial charge in [-0.15, -0.1) is 0 Å². The fourth-order valence-electron chi connectivity index (χ4n) is 5.39. The summed E-state index contributed by atoms with van der Waals surface area (Å²) >= 11 is 6.48. The maximum atomic E-state index is 6.54. The topological polar surface area (TPSA) is 34.8 Å². The summed E-state index contributed by atoms with van der Waals surface area (Å²) in [5.41, 5.74) is 5.24. The van der Waals surface area contributed by atoms with Gasteiger partial charge in [-0.3, -0.25) is 0 Å². The highest BCUT2D eigenvalue weighted by Crippen LogP contribution is 2.57. The second-order valence-electron chi connectivity index (χ2n) is 9.50. The first-order valence-corrected chi connectivity index (χ1v) is 10.5. The van der Waals surface area contributed by atoms with Crippen LogP contribution in [0.3, 0.4) is 0 Å². The van der Waals surface area contributed by atoms with Gasteiger partial charge in [-0.1, -0.05) is 43.2 Å². The number of nitrogens with zero attached hydrogens (tertiary/aromatic N) is 1. The highest BCUT2D eigenvalue weighted by atomic mass is 35.5. The van der Waals surface area contributed by atoms with Crippen molar-refractivity contribution < 1.29 is 13.7 Å². The van der Waals surface area contributed by atoms with Crippen molar-refractivity contribution in [2.75, 3.05) is 7.05 Å². The molecule has 5 rings (SSSR count). The summed E-state index contributed by atoms with van der Waals surface area (Å²) in [4.78, 5) is 0. The third kappa shape index (κ3) is 2.87. The largest absolute Gasteiger partial charge is 0.477 e. The number of rotatable bonds is 4. The minimum absolute atomic E-state index is 0.0919. The van der Waals surface area contributed by atoms with Crippen LogP contribution in [0.5, 0.6) is 0 Å². The lowest BCUT2D eigenvalue weighted by molar-refractivity contribution is 0.0307. The maximum Gasteiger partial charge on any atom is 0.477 e. The van der Waals surface area contributed by atoms with Gasteiger partial charge in [0.1, 0.15) is 5.58 Å². The minimum Gasteiger partial charge on any atom is -0.464 e. The van der Waals surface area contributed by atoms with Gasteiger partial charge in [0.2, 0.25) is 0 Å². The van der Waals surface area contributed by atoms with E-state index in [4.69, 9.17) is 25.5 Å². The van der Waals surface area contributed by atoms with Crippen LogP contribution in [0, 0.1) is 5.41 Å². The molecule has 0 unspecified atom stereocenters. The lowest BCUT2D eigenvalue weighted by Crippen LogP contribution is -2.47. The molecule has 1 saturated heterocycles. The van der Waals surface area contributed by atoms with Crippen LogP contribution in [0.1, 0.15) is 45.6 Å². The molecule has 1 aromatic carbocycles. The number of hydrogen-bond donors (Lipinski definition) is 0. The Morgan fingerprint density at radius 1 is 1.25 bits per heavy atom. The molecule has 3 atom stereocenters. The van der Waals surface area contributed by atoms with E-state index in [2.05, 4.69) is 26.8 Å². The van der Waals surface area contributed by atoms with Crippen molar-refractivity contribution >= 4 is 29.9 Å². The van der Waals surface area contributed by atoms with Crippen LogP contribution < -0.4 is 0 Å². The van der Waals surface area contributed by atoms with E-state index in [0.29, 0.717) is 11.8 Å². The molecule has 0 saturated carbocycles. The Balaban J connectivity index is 1.38. The summed E-state index contributed by atoms with van der Waals surface area (Å²) in [5, 5.41) is 1.12. The van der Waals surface area contributed by atoms with Gasteiger partial charge in [-0.2, -0.15) is 0 Å². The zero-order chi connectivity index (χ0) is 19.7. The quantitative estimate of drug-likeness (QED) is 0.404. The molecule has 6 heteroatoms. The predicted molar refractivity (Wildman–Crippen MR) is 112 cm³/mol. The standard InChI is InChI=1S/C22H27BClNO3/c1-21(2)11-15-12-22(3)19(10-17(15)21)27-23(28-22)20(25(4)24)9-14-13-26-18-8-6-5-7-16(14)18/h5-8,13,19-20H,9-12H2,1-4H3/t19-,20+,22+/m1/s1. The molecular weight excluding hydrogens is 373 g/mol. The second-order valence-corrected chi connectivity index (χ2v) is 10.0. The van der Waals surface area contributed by atoms with Crippen LogP contribution in [-0.4, -0.2) is 36.2 Å². The summed E-state index contributed by atoms with van der Waals surface area (Å²) in [7, 11) is 1.52. The van der Waals surface area contributed by atoms with Crippen LogP contribution in [0.4, 0.5) is 0 Å². The van der Waals surface area contributed by atoms with E-state index in [0.717, 1.165) is 29.4 Å². The molecule has 0 N–H and O–H groups in total. The summed E-state index contributed by atoms with van der Waals surface area (Å²) in [6, 6.07) is 8.10. The van der Waals surface area contributed by atoms with E-state index in [-0.39, 0.29) is 24.8 Å². The molecule has 28 heavy (non-hydrogen) atoms. The van der Waals surface area contributed by atoms with Crippen LogP contribution >= 0.6 is 11.8 Å². The number of furan rings is 1. The van der Waals surface area contributed by atoms with Crippen LogP contribution in [0.25, 0.3) is 11.0 Å². The predicted octanol–water partition coefficient (Wildman–Crippen LogP) is 5.15. The fourth-order valence-corrected chi connectivity index (χ4v) is 5.55. The minimum atomic E-state index is -0.354. The molecule has 0 bridgehead atoms. The third-order valence-electron chi connectivity index (χ3n) is 6.98. The van der Waals surface area contributed by atoms with Crippen molar-refractivity contribution in [2.24, 2.45) is 5.41 Å². The van der Waals surface area contributed by atoms with Gasteiger partial charge in [-0.25, -0.2) is 4.42 Å². The summed E-state index contributed by atoms with van der Waals surface area (Å²) < 4.78 is 20.4. The average molecular weight is 400 g/mol. The smallest absolute Gasteiger partial charge is 0.464 e. The van der Waals surface area contributed by atoms with E-state index in [1.807, 2.05) is 31.5 Å². The first kappa shape index (κ1) is 18.7. The molecule has 148 valence electrons. The number of fused-ring (bicyclic) bond motifs is 2. The van der Waals surface area contributed by atoms with Gasteiger partial charge >= 0.3 is 7.12 Å². The summed E-state index contributed by atoms with van der Waals surface area (Å²) in [6.07, 6.45) is 5.76. The molecule has 1 aliphatic heterocycles. The molecule has 0 amide bonds. The monoisotopic (exact) mass is 399 g/mol. The zero-order valence-electron chi connectivity index (χ0n) is 17.0. The van der Waals surface area contributed by atoms with Crippen molar-refractivity contribution in [3.63, 3.8) is 0 Å². The average Bonchev–Trinajstić information content (AvgIpc) is 3.18. The van der Waals surface area contributed by atoms with Gasteiger partial charge in [0.05, 0.1) is 23.9 Å². The molecular formula is C22H27BClNO3. The highest BCUT2D eigenvalue weighted by molar-refractivity contribution is 6.48. The molecule has 0 spiro atoms. The number of halogens is 1. The Kier molecular flexibility index (Phi) is 4.26. The highest BCUT2D eigenvalue weighted by Gasteiger charge is 2.57. The van der Waals surface area contributed by atoms with Crippen molar-refractivity contribution in [3.8, 4) is 0 Å². The molecule has 0 radical (unpaired) electrons. The van der Waals surface area contributed by atoms with Crippen molar-refractivity contribution in [3.05, 3.63) is 47.2 Å². The Labute approximate surface area is 172 Å². The SMILES string of the molecule is CN(Cl)[C@@H](Cc1coc2ccccc12)B1O[C@@H]2CC3=C(CC3(C)C)C[C@]2(C)O1. The molecule has 2 aliphatic carbocycles. The van der Waals surface area contributed by atoms with E-state index in [9.17, 15) is 0 Å². The first-order valence-electron chi connectivity index (χ1n) is 10.2. The van der Waals surface area contributed by atoms with Gasteiger partial charge in [0, 0.05) is 12.4 Å². The zero-order valence-corrected chi connectivity index (χ0v) is 17.8.